The van der Waals surface area contributed by atoms with Crippen LogP contribution in [0.25, 0.3) is 0 Å². The topological polar surface area (TPSA) is 51.7 Å². The van der Waals surface area contributed by atoms with Crippen molar-refractivity contribution < 1.29 is 18.7 Å². The summed E-state index contributed by atoms with van der Waals surface area (Å²) in [5, 5.41) is 0. The summed E-state index contributed by atoms with van der Waals surface area (Å²) < 4.78 is 25.8. The molecule has 1 amide bonds. The number of nitrogens with zero attached hydrogens (tertiary/aromatic N) is 2. The highest BCUT2D eigenvalue weighted by Crippen LogP contribution is 2.23. The average molecular weight is 375 g/mol. The Bertz CT molecular complexity index is 519. The van der Waals surface area contributed by atoms with E-state index in [0.29, 0.717) is 23.3 Å². The number of amides is 1. The van der Waals surface area contributed by atoms with Crippen LogP contribution in [0.4, 0.5) is 9.18 Å². The Labute approximate surface area is 137 Å². The fraction of sp³-hybridized carbons (Fsp3) is 0.600. The summed E-state index contributed by atoms with van der Waals surface area (Å²) in [6, 6.07) is 3.46. The number of carbonyl (C=O) groups is 1. The Morgan fingerprint density at radius 2 is 2.18 bits per heavy atom. The van der Waals surface area contributed by atoms with Gasteiger partial charge in [0.25, 0.3) is 0 Å². The molecule has 7 heteroatoms. The molecule has 2 heterocycles. The third-order valence-electron chi connectivity index (χ3n) is 3.12. The number of hydrogen-bond donors (Lipinski definition) is 0. The van der Waals surface area contributed by atoms with Gasteiger partial charge in [0.05, 0.1) is 12.7 Å². The standard InChI is InChI=1S/C15H20BrFN2O3/c1-15(2,3)22-14(20)19-7-6-12(11(17)9-19)21-10-4-5-13(16)18-8-10/h4-5,8,11-12H,6-7,9H2,1-3H3. The zero-order chi connectivity index (χ0) is 16.3. The normalized spacial score (nSPS) is 22.3. The van der Waals surface area contributed by atoms with Crippen molar-refractivity contribution in [2.45, 2.75) is 45.1 Å². The van der Waals surface area contributed by atoms with Crippen LogP contribution in [0.5, 0.6) is 5.75 Å². The van der Waals surface area contributed by atoms with Crippen molar-refractivity contribution in [1.82, 2.24) is 9.88 Å². The Kier molecular flexibility index (Phi) is 5.26. The first-order chi connectivity index (χ1) is 10.2. The smallest absolute Gasteiger partial charge is 0.410 e. The second-order valence-electron chi connectivity index (χ2n) is 6.20. The van der Waals surface area contributed by atoms with E-state index >= 15 is 0 Å². The van der Waals surface area contributed by atoms with E-state index in [1.54, 1.807) is 32.9 Å². The van der Waals surface area contributed by atoms with Gasteiger partial charge in [0, 0.05) is 13.0 Å². The van der Waals surface area contributed by atoms with Gasteiger partial charge in [0.15, 0.2) is 6.17 Å². The fourth-order valence-corrected chi connectivity index (χ4v) is 2.35. The molecule has 0 aliphatic carbocycles. The second kappa shape index (κ2) is 6.81. The largest absolute Gasteiger partial charge is 0.486 e. The van der Waals surface area contributed by atoms with Gasteiger partial charge in [0.1, 0.15) is 22.1 Å². The third-order valence-corrected chi connectivity index (χ3v) is 3.59. The number of pyridine rings is 1. The lowest BCUT2D eigenvalue weighted by molar-refractivity contribution is -0.0106. The lowest BCUT2D eigenvalue weighted by Gasteiger charge is -2.35. The highest BCUT2D eigenvalue weighted by atomic mass is 79.9. The van der Waals surface area contributed by atoms with Gasteiger partial charge < -0.3 is 14.4 Å². The van der Waals surface area contributed by atoms with Crippen molar-refractivity contribution in [3.8, 4) is 5.75 Å². The lowest BCUT2D eigenvalue weighted by atomic mass is 10.1. The van der Waals surface area contributed by atoms with Gasteiger partial charge >= 0.3 is 6.09 Å². The molecule has 0 N–H and O–H groups in total. The van der Waals surface area contributed by atoms with Gasteiger partial charge in [-0.05, 0) is 48.8 Å². The number of likely N-dealkylation sites (tertiary alicyclic amines) is 1. The zero-order valence-corrected chi connectivity index (χ0v) is 14.5. The first kappa shape index (κ1) is 17.0. The summed E-state index contributed by atoms with van der Waals surface area (Å²) in [5.74, 6) is 0.515. The molecule has 22 heavy (non-hydrogen) atoms. The van der Waals surface area contributed by atoms with Crippen molar-refractivity contribution in [2.75, 3.05) is 13.1 Å². The molecule has 0 spiro atoms. The van der Waals surface area contributed by atoms with Gasteiger partial charge in [-0.25, -0.2) is 14.2 Å². The van der Waals surface area contributed by atoms with Gasteiger partial charge in [-0.3, -0.25) is 0 Å². The summed E-state index contributed by atoms with van der Waals surface area (Å²) in [5.41, 5.74) is -0.584. The van der Waals surface area contributed by atoms with Crippen LogP contribution >= 0.6 is 15.9 Å². The molecule has 1 aromatic rings. The lowest BCUT2D eigenvalue weighted by Crippen LogP contribution is -2.50. The number of ether oxygens (including phenoxy) is 2. The zero-order valence-electron chi connectivity index (χ0n) is 12.9. The molecular formula is C15H20BrFN2O3. The maximum absolute atomic E-state index is 14.3. The third kappa shape index (κ3) is 4.83. The van der Waals surface area contributed by atoms with Crippen molar-refractivity contribution in [3.05, 3.63) is 22.9 Å². The molecule has 0 aromatic carbocycles. The van der Waals surface area contributed by atoms with Crippen molar-refractivity contribution in [3.63, 3.8) is 0 Å². The molecule has 0 radical (unpaired) electrons. The van der Waals surface area contributed by atoms with E-state index in [1.165, 1.54) is 11.1 Å². The number of piperidine rings is 1. The summed E-state index contributed by atoms with van der Waals surface area (Å²) in [7, 11) is 0. The first-order valence-corrected chi connectivity index (χ1v) is 7.94. The van der Waals surface area contributed by atoms with E-state index < -0.39 is 24.0 Å². The molecule has 2 atom stereocenters. The summed E-state index contributed by atoms with van der Waals surface area (Å²) in [6.45, 7) is 5.74. The van der Waals surface area contributed by atoms with Crippen molar-refractivity contribution >= 4 is 22.0 Å². The maximum Gasteiger partial charge on any atom is 0.410 e. The SMILES string of the molecule is CC(C)(C)OC(=O)N1CCC(Oc2ccc(Br)nc2)C(F)C1. The minimum atomic E-state index is -1.26. The predicted molar refractivity (Wildman–Crippen MR) is 83.7 cm³/mol. The molecule has 1 fully saturated rings. The fourth-order valence-electron chi connectivity index (χ4n) is 2.12. The maximum atomic E-state index is 14.3. The Morgan fingerprint density at radius 1 is 1.45 bits per heavy atom. The monoisotopic (exact) mass is 374 g/mol. The molecule has 2 unspecified atom stereocenters. The van der Waals surface area contributed by atoms with E-state index in [9.17, 15) is 9.18 Å². The Morgan fingerprint density at radius 3 is 2.73 bits per heavy atom. The summed E-state index contributed by atoms with van der Waals surface area (Å²) >= 11 is 3.23. The van der Waals surface area contributed by atoms with Gasteiger partial charge in [-0.2, -0.15) is 0 Å². The van der Waals surface area contributed by atoms with E-state index in [0.717, 1.165) is 0 Å². The van der Waals surface area contributed by atoms with E-state index in [2.05, 4.69) is 20.9 Å². The molecule has 0 bridgehead atoms. The minimum Gasteiger partial charge on any atom is -0.486 e. The number of rotatable bonds is 2. The number of hydrogen-bond acceptors (Lipinski definition) is 4. The first-order valence-electron chi connectivity index (χ1n) is 7.15. The number of alkyl halides is 1. The highest BCUT2D eigenvalue weighted by molar-refractivity contribution is 9.10. The predicted octanol–water partition coefficient (Wildman–Crippen LogP) is 3.57. The van der Waals surface area contributed by atoms with E-state index in [-0.39, 0.29) is 6.54 Å². The summed E-state index contributed by atoms with van der Waals surface area (Å²) in [4.78, 5) is 17.4. The van der Waals surface area contributed by atoms with Crippen molar-refractivity contribution in [1.29, 1.82) is 0 Å². The average Bonchev–Trinajstić information content (AvgIpc) is 2.41. The number of halogens is 2. The van der Waals surface area contributed by atoms with Crippen LogP contribution in [0, 0.1) is 0 Å². The molecule has 2 rings (SSSR count). The Hall–Kier alpha value is -1.37. The van der Waals surface area contributed by atoms with Crippen LogP contribution in [0.15, 0.2) is 22.9 Å². The van der Waals surface area contributed by atoms with Crippen LogP contribution in [0.3, 0.4) is 0 Å². The van der Waals surface area contributed by atoms with Gasteiger partial charge in [-0.1, -0.05) is 0 Å². The quantitative estimate of drug-likeness (QED) is 0.742. The molecule has 1 aliphatic rings. The molecule has 1 saturated heterocycles. The Balaban J connectivity index is 1.90. The summed E-state index contributed by atoms with van der Waals surface area (Å²) in [6.07, 6.45) is -0.376. The molecule has 122 valence electrons. The molecule has 0 saturated carbocycles. The second-order valence-corrected chi connectivity index (χ2v) is 7.02. The number of carbonyl (C=O) groups excluding carboxylic acids is 1. The van der Waals surface area contributed by atoms with Gasteiger partial charge in [0.2, 0.25) is 0 Å². The van der Waals surface area contributed by atoms with Crippen molar-refractivity contribution in [2.24, 2.45) is 0 Å². The van der Waals surface area contributed by atoms with Crippen LogP contribution in [0.2, 0.25) is 0 Å². The molecule has 1 aromatic heterocycles. The molecule has 1 aliphatic heterocycles. The number of aromatic nitrogens is 1. The minimum absolute atomic E-state index is 0.0243. The van der Waals surface area contributed by atoms with Crippen LogP contribution in [-0.2, 0) is 4.74 Å². The highest BCUT2D eigenvalue weighted by Gasteiger charge is 2.34. The van der Waals surface area contributed by atoms with Crippen LogP contribution in [0.1, 0.15) is 27.2 Å². The molecular weight excluding hydrogens is 355 g/mol. The van der Waals surface area contributed by atoms with Crippen LogP contribution in [-0.4, -0.2) is 46.9 Å². The van der Waals surface area contributed by atoms with E-state index in [1.807, 2.05) is 0 Å². The molecule has 5 nitrogen and oxygen atoms in total. The van der Waals surface area contributed by atoms with E-state index in [4.69, 9.17) is 9.47 Å². The van der Waals surface area contributed by atoms with Gasteiger partial charge in [-0.15, -0.1) is 0 Å². The van der Waals surface area contributed by atoms with Crippen LogP contribution < -0.4 is 4.74 Å².